The van der Waals surface area contributed by atoms with E-state index in [-0.39, 0.29) is 10.8 Å². The molecular weight excluding hydrogens is 254 g/mol. The van der Waals surface area contributed by atoms with E-state index in [4.69, 9.17) is 9.84 Å². The molecule has 18 heavy (non-hydrogen) atoms. The van der Waals surface area contributed by atoms with Crippen molar-refractivity contribution in [1.82, 2.24) is 0 Å². The molecule has 0 fully saturated rings. The number of anilines is 1. The zero-order valence-electron chi connectivity index (χ0n) is 10.5. The van der Waals surface area contributed by atoms with Crippen molar-refractivity contribution in [3.8, 4) is 0 Å². The van der Waals surface area contributed by atoms with Crippen LogP contribution in [0, 0.1) is 6.92 Å². The van der Waals surface area contributed by atoms with E-state index < -0.39 is 5.97 Å². The summed E-state index contributed by atoms with van der Waals surface area (Å²) in [4.78, 5) is 22.8. The number of thiophene rings is 1. The molecule has 0 radical (unpaired) electrons. The van der Waals surface area contributed by atoms with Crippen molar-refractivity contribution >= 4 is 28.9 Å². The van der Waals surface area contributed by atoms with Crippen LogP contribution in [-0.2, 0) is 9.53 Å². The van der Waals surface area contributed by atoms with Gasteiger partial charge in [0.2, 0.25) is 5.91 Å². The molecule has 0 saturated heterocycles. The molecule has 1 aromatic rings. The van der Waals surface area contributed by atoms with Gasteiger partial charge in [-0.2, -0.15) is 0 Å². The van der Waals surface area contributed by atoms with Gasteiger partial charge in [-0.1, -0.05) is 0 Å². The van der Waals surface area contributed by atoms with Crippen molar-refractivity contribution in [2.24, 2.45) is 0 Å². The van der Waals surface area contributed by atoms with Crippen molar-refractivity contribution in [2.75, 3.05) is 18.5 Å². The normalized spacial score (nSPS) is 10.3. The maximum atomic E-state index is 11.6. The standard InChI is InChI=1S/C12H17NO4S/c1-3-17-6-4-5-9(14)13-10-8(2)7-18-11(10)12(15)16/h7H,3-6H2,1-2H3,(H,13,14)(H,15,16). The van der Waals surface area contributed by atoms with E-state index in [0.717, 1.165) is 16.9 Å². The van der Waals surface area contributed by atoms with Gasteiger partial charge in [-0.3, -0.25) is 4.79 Å². The van der Waals surface area contributed by atoms with E-state index in [1.165, 1.54) is 0 Å². The van der Waals surface area contributed by atoms with Crippen LogP contribution in [0.25, 0.3) is 0 Å². The van der Waals surface area contributed by atoms with Crippen LogP contribution in [0.1, 0.15) is 35.0 Å². The lowest BCUT2D eigenvalue weighted by molar-refractivity contribution is -0.116. The first-order valence-electron chi connectivity index (χ1n) is 5.75. The highest BCUT2D eigenvalue weighted by Crippen LogP contribution is 2.27. The highest BCUT2D eigenvalue weighted by molar-refractivity contribution is 7.12. The van der Waals surface area contributed by atoms with Crippen LogP contribution < -0.4 is 5.32 Å². The third-order valence-corrected chi connectivity index (χ3v) is 3.42. The van der Waals surface area contributed by atoms with Crippen molar-refractivity contribution in [3.05, 3.63) is 15.8 Å². The van der Waals surface area contributed by atoms with E-state index >= 15 is 0 Å². The van der Waals surface area contributed by atoms with Crippen molar-refractivity contribution in [1.29, 1.82) is 0 Å². The second-order valence-electron chi connectivity index (χ2n) is 3.78. The Morgan fingerprint density at radius 1 is 1.50 bits per heavy atom. The van der Waals surface area contributed by atoms with Crippen molar-refractivity contribution in [3.63, 3.8) is 0 Å². The first-order valence-corrected chi connectivity index (χ1v) is 6.63. The molecule has 0 aliphatic heterocycles. The summed E-state index contributed by atoms with van der Waals surface area (Å²) in [5.41, 5.74) is 1.18. The molecule has 0 unspecified atom stereocenters. The number of carboxylic acids is 1. The third-order valence-electron chi connectivity index (χ3n) is 2.33. The maximum Gasteiger partial charge on any atom is 0.348 e. The van der Waals surface area contributed by atoms with E-state index in [1.807, 2.05) is 6.92 Å². The van der Waals surface area contributed by atoms with Crippen molar-refractivity contribution < 1.29 is 19.4 Å². The van der Waals surface area contributed by atoms with E-state index in [1.54, 1.807) is 12.3 Å². The van der Waals surface area contributed by atoms with Gasteiger partial charge >= 0.3 is 5.97 Å². The molecule has 0 aromatic carbocycles. The highest BCUT2D eigenvalue weighted by Gasteiger charge is 2.16. The Labute approximate surface area is 110 Å². The van der Waals surface area contributed by atoms with Crippen LogP contribution in [0.15, 0.2) is 5.38 Å². The minimum atomic E-state index is -1.02. The number of carbonyl (C=O) groups is 2. The molecule has 6 heteroatoms. The summed E-state index contributed by atoms with van der Waals surface area (Å²) < 4.78 is 5.13. The number of amides is 1. The fraction of sp³-hybridized carbons (Fsp3) is 0.500. The van der Waals surface area contributed by atoms with Gasteiger partial charge in [-0.25, -0.2) is 4.79 Å². The number of ether oxygens (including phenoxy) is 1. The molecule has 0 atom stereocenters. The first kappa shape index (κ1) is 14.7. The number of hydrogen-bond acceptors (Lipinski definition) is 4. The Bertz CT molecular complexity index is 428. The summed E-state index contributed by atoms with van der Waals surface area (Å²) in [6.07, 6.45) is 0.958. The van der Waals surface area contributed by atoms with Crippen LogP contribution in [-0.4, -0.2) is 30.2 Å². The molecule has 1 amide bonds. The summed E-state index contributed by atoms with van der Waals surface area (Å²) >= 11 is 1.12. The lowest BCUT2D eigenvalue weighted by Crippen LogP contribution is -2.14. The average molecular weight is 271 g/mol. The number of aromatic carboxylic acids is 1. The van der Waals surface area contributed by atoms with Gasteiger partial charge in [0.15, 0.2) is 0 Å². The van der Waals surface area contributed by atoms with Crippen LogP contribution in [0.4, 0.5) is 5.69 Å². The Morgan fingerprint density at radius 2 is 2.22 bits per heavy atom. The number of rotatable bonds is 7. The van der Waals surface area contributed by atoms with Gasteiger partial charge < -0.3 is 15.2 Å². The van der Waals surface area contributed by atoms with Crippen LogP contribution >= 0.6 is 11.3 Å². The fourth-order valence-electron chi connectivity index (χ4n) is 1.44. The highest BCUT2D eigenvalue weighted by atomic mass is 32.1. The summed E-state index contributed by atoms with van der Waals surface area (Å²) in [7, 11) is 0. The Hall–Kier alpha value is -1.40. The predicted octanol–water partition coefficient (Wildman–Crippen LogP) is 2.51. The van der Waals surface area contributed by atoms with E-state index in [0.29, 0.717) is 31.7 Å². The van der Waals surface area contributed by atoms with Crippen LogP contribution in [0.3, 0.4) is 0 Å². The first-order chi connectivity index (χ1) is 8.56. The summed E-state index contributed by atoms with van der Waals surface area (Å²) in [5, 5.41) is 13.4. The van der Waals surface area contributed by atoms with Gasteiger partial charge in [-0.15, -0.1) is 11.3 Å². The molecular formula is C12H17NO4S. The monoisotopic (exact) mass is 271 g/mol. The maximum absolute atomic E-state index is 11.6. The number of carbonyl (C=O) groups excluding carboxylic acids is 1. The molecule has 5 nitrogen and oxygen atoms in total. The van der Waals surface area contributed by atoms with Gasteiger partial charge in [-0.05, 0) is 31.2 Å². The topological polar surface area (TPSA) is 75.6 Å². The van der Waals surface area contributed by atoms with Crippen LogP contribution in [0.5, 0.6) is 0 Å². The average Bonchev–Trinajstić information content (AvgIpc) is 2.67. The smallest absolute Gasteiger partial charge is 0.348 e. The van der Waals surface area contributed by atoms with Gasteiger partial charge in [0, 0.05) is 19.6 Å². The number of nitrogens with one attached hydrogen (secondary N) is 1. The molecule has 100 valence electrons. The SMILES string of the molecule is CCOCCCC(=O)Nc1c(C)csc1C(=O)O. The molecule has 0 bridgehead atoms. The molecule has 0 aliphatic rings. The third kappa shape index (κ3) is 4.12. The minimum Gasteiger partial charge on any atom is -0.477 e. The molecule has 2 N–H and O–H groups in total. The van der Waals surface area contributed by atoms with E-state index in [9.17, 15) is 9.59 Å². The van der Waals surface area contributed by atoms with Crippen LogP contribution in [0.2, 0.25) is 0 Å². The molecule has 1 rings (SSSR count). The zero-order valence-corrected chi connectivity index (χ0v) is 11.3. The fourth-order valence-corrected chi connectivity index (χ4v) is 2.28. The quantitative estimate of drug-likeness (QED) is 0.747. The molecule has 0 saturated carbocycles. The second-order valence-corrected chi connectivity index (χ2v) is 4.66. The Kier molecular flexibility index (Phi) is 5.80. The number of carboxylic acid groups (broad SMARTS) is 1. The zero-order chi connectivity index (χ0) is 13.5. The predicted molar refractivity (Wildman–Crippen MR) is 70.4 cm³/mol. The molecule has 0 aliphatic carbocycles. The van der Waals surface area contributed by atoms with E-state index in [2.05, 4.69) is 5.32 Å². The lowest BCUT2D eigenvalue weighted by Gasteiger charge is -2.06. The second kappa shape index (κ2) is 7.13. The molecule has 1 aromatic heterocycles. The summed E-state index contributed by atoms with van der Waals surface area (Å²) in [6, 6.07) is 0. The Morgan fingerprint density at radius 3 is 2.83 bits per heavy atom. The largest absolute Gasteiger partial charge is 0.477 e. The minimum absolute atomic E-state index is 0.172. The Balaban J connectivity index is 2.53. The van der Waals surface area contributed by atoms with Crippen molar-refractivity contribution in [2.45, 2.75) is 26.7 Å². The molecule has 1 heterocycles. The number of aryl methyl sites for hydroxylation is 1. The number of hydrogen-bond donors (Lipinski definition) is 2. The lowest BCUT2D eigenvalue weighted by atomic mass is 10.2. The summed E-state index contributed by atoms with van der Waals surface area (Å²) in [5.74, 6) is -1.20. The van der Waals surface area contributed by atoms with Gasteiger partial charge in [0.25, 0.3) is 0 Å². The molecule has 0 spiro atoms. The summed E-state index contributed by atoms with van der Waals surface area (Å²) in [6.45, 7) is 4.85. The van der Waals surface area contributed by atoms with Gasteiger partial charge in [0.05, 0.1) is 5.69 Å². The van der Waals surface area contributed by atoms with Gasteiger partial charge in [0.1, 0.15) is 4.88 Å².